The van der Waals surface area contributed by atoms with Crippen molar-refractivity contribution in [1.29, 1.82) is 0 Å². The van der Waals surface area contributed by atoms with Crippen LogP contribution in [0, 0.1) is 0 Å². The van der Waals surface area contributed by atoms with Crippen LogP contribution >= 0.6 is 12.4 Å². The van der Waals surface area contributed by atoms with E-state index in [1.54, 1.807) is 31.6 Å². The van der Waals surface area contributed by atoms with E-state index in [0.717, 1.165) is 16.9 Å². The van der Waals surface area contributed by atoms with E-state index in [4.69, 9.17) is 4.74 Å². The molecule has 1 N–H and O–H groups in total. The molecular formula is C17H21ClN2O2. The van der Waals surface area contributed by atoms with Crippen molar-refractivity contribution in [3.63, 3.8) is 0 Å². The summed E-state index contributed by atoms with van der Waals surface area (Å²) < 4.78 is 5.36. The Labute approximate surface area is 137 Å². The first kappa shape index (κ1) is 18.0. The van der Waals surface area contributed by atoms with Crippen molar-refractivity contribution >= 4 is 18.3 Å². The van der Waals surface area contributed by atoms with Gasteiger partial charge in [0.15, 0.2) is 0 Å². The van der Waals surface area contributed by atoms with Gasteiger partial charge in [-0.2, -0.15) is 0 Å². The number of carbonyl (C=O) groups excluding carboxylic acids is 1. The van der Waals surface area contributed by atoms with Crippen LogP contribution in [0.1, 0.15) is 41.3 Å². The summed E-state index contributed by atoms with van der Waals surface area (Å²) in [6, 6.07) is 9.48. The number of amides is 1. The molecule has 0 saturated heterocycles. The number of pyridine rings is 1. The highest BCUT2D eigenvalue weighted by atomic mass is 35.5. The molecule has 0 radical (unpaired) electrons. The number of benzene rings is 1. The molecule has 4 nitrogen and oxygen atoms in total. The van der Waals surface area contributed by atoms with Crippen LogP contribution in [-0.2, 0) is 6.54 Å². The van der Waals surface area contributed by atoms with Gasteiger partial charge in [0.25, 0.3) is 5.91 Å². The Kier molecular flexibility index (Phi) is 6.86. The highest BCUT2D eigenvalue weighted by Gasteiger charge is 2.09. The molecule has 1 heterocycles. The van der Waals surface area contributed by atoms with Crippen molar-refractivity contribution in [1.82, 2.24) is 10.3 Å². The van der Waals surface area contributed by atoms with Crippen LogP contribution in [0.3, 0.4) is 0 Å². The minimum absolute atomic E-state index is 0. The Morgan fingerprint density at radius 3 is 2.68 bits per heavy atom. The van der Waals surface area contributed by atoms with E-state index in [1.807, 2.05) is 12.1 Å². The zero-order chi connectivity index (χ0) is 15.2. The van der Waals surface area contributed by atoms with Crippen molar-refractivity contribution in [3.8, 4) is 5.75 Å². The highest BCUT2D eigenvalue weighted by Crippen LogP contribution is 2.27. The minimum atomic E-state index is -0.120. The van der Waals surface area contributed by atoms with Crippen molar-refractivity contribution < 1.29 is 9.53 Å². The quantitative estimate of drug-likeness (QED) is 0.916. The van der Waals surface area contributed by atoms with Crippen LogP contribution in [0.15, 0.2) is 42.7 Å². The second-order valence-corrected chi connectivity index (χ2v) is 5.16. The van der Waals surface area contributed by atoms with Gasteiger partial charge in [0.1, 0.15) is 5.75 Å². The van der Waals surface area contributed by atoms with Gasteiger partial charge in [0.2, 0.25) is 0 Å². The fourth-order valence-electron chi connectivity index (χ4n) is 2.13. The molecular weight excluding hydrogens is 300 g/mol. The van der Waals surface area contributed by atoms with Crippen LogP contribution in [0.5, 0.6) is 5.75 Å². The first-order chi connectivity index (χ1) is 10.1. The van der Waals surface area contributed by atoms with Crippen LogP contribution in [-0.4, -0.2) is 18.0 Å². The largest absolute Gasteiger partial charge is 0.496 e. The number of hydrogen-bond donors (Lipinski definition) is 1. The Morgan fingerprint density at radius 2 is 2.09 bits per heavy atom. The van der Waals surface area contributed by atoms with Crippen molar-refractivity contribution in [2.75, 3.05) is 7.11 Å². The lowest BCUT2D eigenvalue weighted by Gasteiger charge is -2.14. The molecule has 5 heteroatoms. The van der Waals surface area contributed by atoms with E-state index >= 15 is 0 Å². The molecule has 0 aliphatic heterocycles. The third kappa shape index (κ3) is 4.46. The van der Waals surface area contributed by atoms with Gasteiger partial charge in [-0.3, -0.25) is 9.78 Å². The summed E-state index contributed by atoms with van der Waals surface area (Å²) in [5.41, 5.74) is 2.76. The van der Waals surface area contributed by atoms with Crippen LogP contribution in [0.25, 0.3) is 0 Å². The maximum Gasteiger partial charge on any atom is 0.253 e. The normalized spacial score (nSPS) is 10.0. The van der Waals surface area contributed by atoms with Gasteiger partial charge < -0.3 is 10.1 Å². The summed E-state index contributed by atoms with van der Waals surface area (Å²) in [7, 11) is 1.67. The second kappa shape index (κ2) is 8.39. The average molecular weight is 321 g/mol. The zero-order valence-electron chi connectivity index (χ0n) is 13.0. The molecule has 22 heavy (non-hydrogen) atoms. The number of ether oxygens (including phenoxy) is 1. The number of aromatic nitrogens is 1. The molecule has 0 aliphatic rings. The van der Waals surface area contributed by atoms with E-state index in [9.17, 15) is 4.79 Å². The summed E-state index contributed by atoms with van der Waals surface area (Å²) >= 11 is 0. The van der Waals surface area contributed by atoms with Crippen LogP contribution < -0.4 is 10.1 Å². The van der Waals surface area contributed by atoms with Gasteiger partial charge >= 0.3 is 0 Å². The third-order valence-electron chi connectivity index (χ3n) is 3.29. The maximum atomic E-state index is 12.0. The molecule has 0 atom stereocenters. The third-order valence-corrected chi connectivity index (χ3v) is 3.29. The van der Waals surface area contributed by atoms with Crippen molar-refractivity contribution in [2.45, 2.75) is 26.3 Å². The van der Waals surface area contributed by atoms with E-state index < -0.39 is 0 Å². The molecule has 1 aromatic carbocycles. The molecule has 1 amide bonds. The molecule has 0 fully saturated rings. The van der Waals surface area contributed by atoms with E-state index in [-0.39, 0.29) is 18.3 Å². The number of carbonyl (C=O) groups is 1. The molecule has 118 valence electrons. The summed E-state index contributed by atoms with van der Waals surface area (Å²) in [5.74, 6) is 1.13. The lowest BCUT2D eigenvalue weighted by Crippen LogP contribution is -2.22. The Hall–Kier alpha value is -2.07. The molecule has 0 unspecified atom stereocenters. The standard InChI is InChI=1S/C17H20N2O2.ClH/c1-12(2)15-9-13(6-7-16(15)21-3)10-19-17(20)14-5-4-8-18-11-14;/h4-9,11-12H,10H2,1-3H3,(H,19,20);1H. The molecule has 0 aliphatic carbocycles. The smallest absolute Gasteiger partial charge is 0.253 e. The predicted molar refractivity (Wildman–Crippen MR) is 89.7 cm³/mol. The van der Waals surface area contributed by atoms with E-state index in [2.05, 4.69) is 30.2 Å². The molecule has 2 rings (SSSR count). The summed E-state index contributed by atoms with van der Waals surface area (Å²) in [5, 5.41) is 2.90. The van der Waals surface area contributed by atoms with Crippen LogP contribution in [0.2, 0.25) is 0 Å². The minimum Gasteiger partial charge on any atom is -0.496 e. The first-order valence-electron chi connectivity index (χ1n) is 6.97. The molecule has 1 aromatic heterocycles. The van der Waals surface area contributed by atoms with Gasteiger partial charge in [-0.25, -0.2) is 0 Å². The monoisotopic (exact) mass is 320 g/mol. The average Bonchev–Trinajstić information content (AvgIpc) is 2.53. The van der Waals surface area contributed by atoms with Crippen LogP contribution in [0.4, 0.5) is 0 Å². The Bertz CT molecular complexity index is 615. The lowest BCUT2D eigenvalue weighted by atomic mass is 9.99. The number of halogens is 1. The van der Waals surface area contributed by atoms with Crippen molar-refractivity contribution in [3.05, 3.63) is 59.4 Å². The SMILES string of the molecule is COc1ccc(CNC(=O)c2cccnc2)cc1C(C)C.Cl. The van der Waals surface area contributed by atoms with Crippen molar-refractivity contribution in [2.24, 2.45) is 0 Å². The first-order valence-corrected chi connectivity index (χ1v) is 6.97. The number of nitrogens with one attached hydrogen (secondary N) is 1. The Morgan fingerprint density at radius 1 is 1.32 bits per heavy atom. The maximum absolute atomic E-state index is 12.0. The second-order valence-electron chi connectivity index (χ2n) is 5.16. The van der Waals surface area contributed by atoms with Gasteiger partial charge in [-0.15, -0.1) is 12.4 Å². The predicted octanol–water partition coefficient (Wildman–Crippen LogP) is 3.57. The molecule has 0 spiro atoms. The molecule has 0 saturated carbocycles. The fourth-order valence-corrected chi connectivity index (χ4v) is 2.13. The van der Waals surface area contributed by atoms with Gasteiger partial charge in [0.05, 0.1) is 12.7 Å². The van der Waals surface area contributed by atoms with Gasteiger partial charge in [0, 0.05) is 18.9 Å². The van der Waals surface area contributed by atoms with E-state index in [0.29, 0.717) is 18.0 Å². The summed E-state index contributed by atoms with van der Waals surface area (Å²) in [6.07, 6.45) is 3.21. The Balaban J connectivity index is 0.00000242. The lowest BCUT2D eigenvalue weighted by molar-refractivity contribution is 0.0950. The number of hydrogen-bond acceptors (Lipinski definition) is 3. The molecule has 2 aromatic rings. The molecule has 0 bridgehead atoms. The van der Waals surface area contributed by atoms with Gasteiger partial charge in [-0.1, -0.05) is 26.0 Å². The zero-order valence-corrected chi connectivity index (χ0v) is 13.8. The summed E-state index contributed by atoms with van der Waals surface area (Å²) in [6.45, 7) is 4.73. The number of methoxy groups -OCH3 is 1. The number of rotatable bonds is 5. The summed E-state index contributed by atoms with van der Waals surface area (Å²) in [4.78, 5) is 15.9. The fraction of sp³-hybridized carbons (Fsp3) is 0.294. The highest BCUT2D eigenvalue weighted by molar-refractivity contribution is 5.93. The number of nitrogens with zero attached hydrogens (tertiary/aromatic N) is 1. The topological polar surface area (TPSA) is 51.2 Å². The van der Waals surface area contributed by atoms with E-state index in [1.165, 1.54) is 0 Å². The van der Waals surface area contributed by atoms with Gasteiger partial charge in [-0.05, 0) is 35.2 Å².